The average Bonchev–Trinajstić information content (AvgIpc) is 2.69. The predicted molar refractivity (Wildman–Crippen MR) is 109 cm³/mol. The van der Waals surface area contributed by atoms with Gasteiger partial charge in [0.15, 0.2) is 11.5 Å². The van der Waals surface area contributed by atoms with Crippen molar-refractivity contribution in [3.63, 3.8) is 0 Å². The van der Waals surface area contributed by atoms with Gasteiger partial charge in [-0.05, 0) is 55.7 Å². The van der Waals surface area contributed by atoms with Crippen LogP contribution >= 0.6 is 0 Å². The molecule has 154 valence electrons. The highest BCUT2D eigenvalue weighted by molar-refractivity contribution is 5.92. The number of rotatable bonds is 8. The highest BCUT2D eigenvalue weighted by Gasteiger charge is 2.21. The Kier molecular flexibility index (Phi) is 6.66. The summed E-state index contributed by atoms with van der Waals surface area (Å²) in [6, 6.07) is 9.86. The number of carbonyl (C=O) groups is 1. The van der Waals surface area contributed by atoms with Crippen LogP contribution in [0.15, 0.2) is 36.4 Å². The van der Waals surface area contributed by atoms with Crippen molar-refractivity contribution in [2.75, 3.05) is 31.6 Å². The minimum absolute atomic E-state index is 0.00726. The molecule has 2 aromatic rings. The molecule has 0 spiro atoms. The molecule has 0 fully saturated rings. The summed E-state index contributed by atoms with van der Waals surface area (Å²) in [7, 11) is 0. The fraction of sp³-hybridized carbons (Fsp3) is 0.381. The molecule has 1 amide bonds. The predicted octanol–water partition coefficient (Wildman–Crippen LogP) is 3.39. The Morgan fingerprint density at radius 2 is 1.72 bits per heavy atom. The monoisotopic (exact) mass is 399 g/mol. The Hall–Kier alpha value is -3.13. The highest BCUT2D eigenvalue weighted by atomic mass is 16.6. The Morgan fingerprint density at radius 1 is 1.10 bits per heavy atom. The molecule has 0 bridgehead atoms. The van der Waals surface area contributed by atoms with Crippen LogP contribution in [0.1, 0.15) is 25.0 Å². The fourth-order valence-corrected chi connectivity index (χ4v) is 3.36. The number of ether oxygens (including phenoxy) is 2. The van der Waals surface area contributed by atoms with Crippen LogP contribution in [0.3, 0.4) is 0 Å². The molecule has 0 saturated carbocycles. The Morgan fingerprint density at radius 3 is 2.31 bits per heavy atom. The number of non-ortho nitro benzene ring substituents is 1. The number of nitrogens with zero attached hydrogens (tertiary/aromatic N) is 2. The van der Waals surface area contributed by atoms with E-state index in [2.05, 4.69) is 10.2 Å². The van der Waals surface area contributed by atoms with Gasteiger partial charge in [-0.2, -0.15) is 0 Å². The van der Waals surface area contributed by atoms with Gasteiger partial charge in [0, 0.05) is 30.9 Å². The van der Waals surface area contributed by atoms with E-state index in [4.69, 9.17) is 9.47 Å². The molecular weight excluding hydrogens is 374 g/mol. The molecule has 0 unspecified atom stereocenters. The first kappa shape index (κ1) is 20.6. The average molecular weight is 399 g/mol. The van der Waals surface area contributed by atoms with E-state index >= 15 is 0 Å². The van der Waals surface area contributed by atoms with Crippen LogP contribution in [0.2, 0.25) is 0 Å². The molecule has 0 aromatic heterocycles. The third kappa shape index (κ3) is 5.23. The summed E-state index contributed by atoms with van der Waals surface area (Å²) in [5, 5.41) is 13.5. The Labute approximate surface area is 169 Å². The van der Waals surface area contributed by atoms with Crippen LogP contribution in [0.5, 0.6) is 11.5 Å². The molecule has 29 heavy (non-hydrogen) atoms. The van der Waals surface area contributed by atoms with E-state index in [-0.39, 0.29) is 18.1 Å². The SMILES string of the molecule is CCOc1cc2c(cc1OCC)CN(CC(=O)Nc1ccc([N+](=O)[O-])cc1)CC2. The lowest BCUT2D eigenvalue weighted by Crippen LogP contribution is -2.37. The maximum absolute atomic E-state index is 12.4. The lowest BCUT2D eigenvalue weighted by molar-refractivity contribution is -0.384. The number of hydrogen-bond acceptors (Lipinski definition) is 6. The van der Waals surface area contributed by atoms with Crippen molar-refractivity contribution in [2.45, 2.75) is 26.8 Å². The zero-order valence-electron chi connectivity index (χ0n) is 16.6. The third-order valence-corrected chi connectivity index (χ3v) is 4.69. The van der Waals surface area contributed by atoms with Crippen molar-refractivity contribution in [3.05, 3.63) is 57.6 Å². The Balaban J connectivity index is 1.63. The van der Waals surface area contributed by atoms with E-state index in [1.165, 1.54) is 29.8 Å². The summed E-state index contributed by atoms with van der Waals surface area (Å²) in [5.41, 5.74) is 2.88. The molecule has 0 atom stereocenters. The van der Waals surface area contributed by atoms with Gasteiger partial charge in [0.05, 0.1) is 24.7 Å². The van der Waals surface area contributed by atoms with E-state index in [1.54, 1.807) is 0 Å². The number of nitrogens with one attached hydrogen (secondary N) is 1. The molecule has 1 N–H and O–H groups in total. The van der Waals surface area contributed by atoms with Gasteiger partial charge in [0.2, 0.25) is 5.91 Å². The lowest BCUT2D eigenvalue weighted by Gasteiger charge is -2.29. The molecule has 1 aliphatic heterocycles. The van der Waals surface area contributed by atoms with Crippen molar-refractivity contribution in [3.8, 4) is 11.5 Å². The molecule has 0 radical (unpaired) electrons. The Bertz CT molecular complexity index is 883. The quantitative estimate of drug-likeness (QED) is 0.540. The van der Waals surface area contributed by atoms with Crippen molar-refractivity contribution >= 4 is 17.3 Å². The summed E-state index contributed by atoms with van der Waals surface area (Å²) in [6.07, 6.45) is 0.826. The maximum atomic E-state index is 12.4. The molecule has 0 aliphatic carbocycles. The molecule has 2 aromatic carbocycles. The standard InChI is InChI=1S/C21H25N3O5/c1-3-28-19-11-15-9-10-23(13-16(15)12-20(19)29-4-2)14-21(25)22-17-5-7-18(8-6-17)24(26)27/h5-8,11-12H,3-4,9-10,13-14H2,1-2H3,(H,22,25). The van der Waals surface area contributed by atoms with Crippen LogP contribution in [-0.4, -0.2) is 42.0 Å². The number of nitro benzene ring substituents is 1. The molecular formula is C21H25N3O5. The van der Waals surface area contributed by atoms with Crippen molar-refractivity contribution in [2.24, 2.45) is 0 Å². The van der Waals surface area contributed by atoms with Gasteiger partial charge in [-0.3, -0.25) is 19.8 Å². The number of nitro groups is 1. The van der Waals surface area contributed by atoms with Crippen LogP contribution in [0, 0.1) is 10.1 Å². The summed E-state index contributed by atoms with van der Waals surface area (Å²) in [6.45, 7) is 6.67. The van der Waals surface area contributed by atoms with Crippen LogP contribution in [-0.2, 0) is 17.8 Å². The van der Waals surface area contributed by atoms with Gasteiger partial charge in [0.1, 0.15) is 0 Å². The van der Waals surface area contributed by atoms with E-state index in [0.29, 0.717) is 25.4 Å². The first-order valence-corrected chi connectivity index (χ1v) is 9.68. The topological polar surface area (TPSA) is 93.9 Å². The number of anilines is 1. The third-order valence-electron chi connectivity index (χ3n) is 4.69. The second kappa shape index (κ2) is 9.38. The van der Waals surface area contributed by atoms with Crippen molar-refractivity contribution < 1.29 is 19.2 Å². The molecule has 8 heteroatoms. The summed E-state index contributed by atoms with van der Waals surface area (Å²) in [4.78, 5) is 24.7. The normalized spacial score (nSPS) is 13.4. The number of benzene rings is 2. The number of hydrogen-bond donors (Lipinski definition) is 1. The lowest BCUT2D eigenvalue weighted by atomic mass is 9.98. The van der Waals surface area contributed by atoms with Gasteiger partial charge >= 0.3 is 0 Å². The second-order valence-electron chi connectivity index (χ2n) is 6.75. The fourth-order valence-electron chi connectivity index (χ4n) is 3.36. The molecule has 8 nitrogen and oxygen atoms in total. The zero-order valence-corrected chi connectivity index (χ0v) is 16.6. The smallest absolute Gasteiger partial charge is 0.269 e. The van der Waals surface area contributed by atoms with Gasteiger partial charge in [0.25, 0.3) is 5.69 Å². The van der Waals surface area contributed by atoms with E-state index in [0.717, 1.165) is 30.0 Å². The maximum Gasteiger partial charge on any atom is 0.269 e. The van der Waals surface area contributed by atoms with E-state index < -0.39 is 4.92 Å². The summed E-state index contributed by atoms with van der Waals surface area (Å²) in [5.74, 6) is 1.33. The molecule has 1 heterocycles. The number of carbonyl (C=O) groups excluding carboxylic acids is 1. The van der Waals surface area contributed by atoms with Crippen LogP contribution < -0.4 is 14.8 Å². The number of amides is 1. The van der Waals surface area contributed by atoms with Crippen LogP contribution in [0.4, 0.5) is 11.4 Å². The second-order valence-corrected chi connectivity index (χ2v) is 6.75. The molecule has 3 rings (SSSR count). The van der Waals surface area contributed by atoms with Crippen LogP contribution in [0.25, 0.3) is 0 Å². The van der Waals surface area contributed by atoms with Crippen molar-refractivity contribution in [1.82, 2.24) is 4.90 Å². The zero-order chi connectivity index (χ0) is 20.8. The largest absolute Gasteiger partial charge is 0.490 e. The molecule has 1 aliphatic rings. The number of fused-ring (bicyclic) bond motifs is 1. The minimum Gasteiger partial charge on any atom is -0.490 e. The van der Waals surface area contributed by atoms with Gasteiger partial charge < -0.3 is 14.8 Å². The first-order valence-electron chi connectivity index (χ1n) is 9.68. The minimum atomic E-state index is -0.468. The van der Waals surface area contributed by atoms with E-state index in [9.17, 15) is 14.9 Å². The highest BCUT2D eigenvalue weighted by Crippen LogP contribution is 2.33. The van der Waals surface area contributed by atoms with E-state index in [1.807, 2.05) is 26.0 Å². The summed E-state index contributed by atoms with van der Waals surface area (Å²) < 4.78 is 11.4. The van der Waals surface area contributed by atoms with Gasteiger partial charge in [-0.15, -0.1) is 0 Å². The first-order chi connectivity index (χ1) is 14.0. The molecule has 0 saturated heterocycles. The van der Waals surface area contributed by atoms with Crippen molar-refractivity contribution in [1.29, 1.82) is 0 Å². The van der Waals surface area contributed by atoms with Gasteiger partial charge in [-0.1, -0.05) is 0 Å². The summed E-state index contributed by atoms with van der Waals surface area (Å²) >= 11 is 0. The van der Waals surface area contributed by atoms with Gasteiger partial charge in [-0.25, -0.2) is 0 Å².